The first-order valence-corrected chi connectivity index (χ1v) is 6.07. The van der Waals surface area contributed by atoms with Gasteiger partial charge in [0.05, 0.1) is 18.0 Å². The topological polar surface area (TPSA) is 45.1 Å². The molecule has 2 N–H and O–H groups in total. The van der Waals surface area contributed by atoms with Crippen molar-refractivity contribution >= 4 is 0 Å². The van der Waals surface area contributed by atoms with E-state index in [9.17, 15) is 9.50 Å². The lowest BCUT2D eigenvalue weighted by Gasteiger charge is -2.20. The third kappa shape index (κ3) is 4.40. The van der Waals surface area contributed by atoms with Gasteiger partial charge in [-0.05, 0) is 25.0 Å². The number of nitrogens with zero attached hydrogens (tertiary/aromatic N) is 1. The van der Waals surface area contributed by atoms with Crippen LogP contribution in [0.3, 0.4) is 0 Å². The SMILES string of the molecule is CCC(C)C(O)CNC(C)c1ccc(F)cn1. The number of rotatable bonds is 6. The predicted octanol–water partition coefficient (Wildman–Crippen LogP) is 2.28. The maximum absolute atomic E-state index is 12.7. The van der Waals surface area contributed by atoms with Crippen LogP contribution in [0.25, 0.3) is 0 Å². The summed E-state index contributed by atoms with van der Waals surface area (Å²) in [5.74, 6) is -0.0588. The summed E-state index contributed by atoms with van der Waals surface area (Å²) in [6.45, 7) is 6.55. The molecular formula is C13H21FN2O. The molecule has 0 aliphatic heterocycles. The molecule has 0 aliphatic carbocycles. The van der Waals surface area contributed by atoms with Gasteiger partial charge in [0.25, 0.3) is 0 Å². The van der Waals surface area contributed by atoms with Crippen molar-refractivity contribution in [2.75, 3.05) is 6.54 Å². The fourth-order valence-corrected chi connectivity index (χ4v) is 1.52. The molecule has 1 rings (SSSR count). The minimum absolute atomic E-state index is 0.00862. The normalized spacial score (nSPS) is 16.5. The van der Waals surface area contributed by atoms with Gasteiger partial charge in [0, 0.05) is 12.6 Å². The molecule has 96 valence electrons. The fraction of sp³-hybridized carbons (Fsp3) is 0.615. The Morgan fingerprint density at radius 1 is 1.41 bits per heavy atom. The van der Waals surface area contributed by atoms with Gasteiger partial charge >= 0.3 is 0 Å². The summed E-state index contributed by atoms with van der Waals surface area (Å²) < 4.78 is 12.7. The van der Waals surface area contributed by atoms with E-state index in [4.69, 9.17) is 0 Å². The summed E-state index contributed by atoms with van der Waals surface area (Å²) in [6.07, 6.45) is 1.80. The maximum atomic E-state index is 12.7. The Balaban J connectivity index is 2.44. The summed E-state index contributed by atoms with van der Waals surface area (Å²) in [6, 6.07) is 3.06. The van der Waals surface area contributed by atoms with Gasteiger partial charge in [-0.15, -0.1) is 0 Å². The van der Waals surface area contributed by atoms with Crippen LogP contribution in [0.15, 0.2) is 18.3 Å². The number of aliphatic hydroxyl groups is 1. The second kappa shape index (κ2) is 6.67. The number of nitrogens with one attached hydrogen (secondary N) is 1. The predicted molar refractivity (Wildman–Crippen MR) is 66.1 cm³/mol. The van der Waals surface area contributed by atoms with Crippen LogP contribution < -0.4 is 5.32 Å². The quantitative estimate of drug-likeness (QED) is 0.802. The molecule has 4 heteroatoms. The molecule has 0 saturated carbocycles. The van der Waals surface area contributed by atoms with E-state index in [1.54, 1.807) is 6.07 Å². The fourth-order valence-electron chi connectivity index (χ4n) is 1.52. The average Bonchev–Trinajstić information content (AvgIpc) is 2.35. The molecular weight excluding hydrogens is 219 g/mol. The number of hydrogen-bond acceptors (Lipinski definition) is 3. The van der Waals surface area contributed by atoms with Gasteiger partial charge in [0.1, 0.15) is 5.82 Å². The van der Waals surface area contributed by atoms with Crippen LogP contribution in [0, 0.1) is 11.7 Å². The molecule has 1 aromatic heterocycles. The van der Waals surface area contributed by atoms with E-state index in [1.807, 2.05) is 13.8 Å². The Hall–Kier alpha value is -1.00. The standard InChI is InChI=1S/C13H21FN2O/c1-4-9(2)13(17)8-15-10(3)12-6-5-11(14)7-16-12/h5-7,9-10,13,15,17H,4,8H2,1-3H3. The Labute approximate surface area is 102 Å². The molecule has 0 aromatic carbocycles. The van der Waals surface area contributed by atoms with Crippen LogP contribution in [0.1, 0.15) is 38.9 Å². The summed E-state index contributed by atoms with van der Waals surface area (Å²) in [4.78, 5) is 4.00. The molecule has 0 amide bonds. The van der Waals surface area contributed by atoms with Crippen LogP contribution in [0.2, 0.25) is 0 Å². The number of aliphatic hydroxyl groups excluding tert-OH is 1. The zero-order chi connectivity index (χ0) is 12.8. The minimum Gasteiger partial charge on any atom is -0.392 e. The van der Waals surface area contributed by atoms with Gasteiger partial charge in [-0.3, -0.25) is 4.98 Å². The largest absolute Gasteiger partial charge is 0.392 e. The lowest BCUT2D eigenvalue weighted by Crippen LogP contribution is -2.33. The van der Waals surface area contributed by atoms with Crippen molar-refractivity contribution < 1.29 is 9.50 Å². The lowest BCUT2D eigenvalue weighted by atomic mass is 10.0. The van der Waals surface area contributed by atoms with Crippen molar-refractivity contribution in [3.05, 3.63) is 29.8 Å². The van der Waals surface area contributed by atoms with Crippen molar-refractivity contribution in [3.63, 3.8) is 0 Å². The van der Waals surface area contributed by atoms with E-state index in [-0.39, 0.29) is 23.9 Å². The monoisotopic (exact) mass is 240 g/mol. The first-order chi connectivity index (χ1) is 8.04. The molecule has 0 saturated heterocycles. The smallest absolute Gasteiger partial charge is 0.141 e. The van der Waals surface area contributed by atoms with E-state index >= 15 is 0 Å². The van der Waals surface area contributed by atoms with Gasteiger partial charge in [-0.2, -0.15) is 0 Å². The van der Waals surface area contributed by atoms with Crippen LogP contribution in [-0.2, 0) is 0 Å². The van der Waals surface area contributed by atoms with Crippen molar-refractivity contribution in [2.45, 2.75) is 39.3 Å². The Bertz CT molecular complexity index is 329. The number of aromatic nitrogens is 1. The van der Waals surface area contributed by atoms with E-state index in [0.717, 1.165) is 12.1 Å². The molecule has 0 radical (unpaired) electrons. The lowest BCUT2D eigenvalue weighted by molar-refractivity contribution is 0.110. The van der Waals surface area contributed by atoms with E-state index in [0.29, 0.717) is 6.54 Å². The molecule has 0 fully saturated rings. The highest BCUT2D eigenvalue weighted by atomic mass is 19.1. The van der Waals surface area contributed by atoms with E-state index < -0.39 is 0 Å². The zero-order valence-electron chi connectivity index (χ0n) is 10.7. The highest BCUT2D eigenvalue weighted by Gasteiger charge is 2.14. The minimum atomic E-state index is -0.358. The molecule has 1 aromatic rings. The van der Waals surface area contributed by atoms with Gasteiger partial charge in [0.15, 0.2) is 0 Å². The Kier molecular flexibility index (Phi) is 5.51. The van der Waals surface area contributed by atoms with Gasteiger partial charge in [0.2, 0.25) is 0 Å². The highest BCUT2D eigenvalue weighted by Crippen LogP contribution is 2.11. The first kappa shape index (κ1) is 14.1. The summed E-state index contributed by atoms with van der Waals surface area (Å²) in [7, 11) is 0. The van der Waals surface area contributed by atoms with Gasteiger partial charge in [-0.25, -0.2) is 4.39 Å². The second-order valence-corrected chi connectivity index (χ2v) is 4.48. The van der Waals surface area contributed by atoms with Crippen LogP contribution in [0.4, 0.5) is 4.39 Å². The number of hydrogen-bond donors (Lipinski definition) is 2. The number of pyridine rings is 1. The Morgan fingerprint density at radius 2 is 2.12 bits per heavy atom. The molecule has 0 bridgehead atoms. The first-order valence-electron chi connectivity index (χ1n) is 6.07. The molecule has 3 nitrogen and oxygen atoms in total. The van der Waals surface area contributed by atoms with Crippen LogP contribution >= 0.6 is 0 Å². The molecule has 17 heavy (non-hydrogen) atoms. The zero-order valence-corrected chi connectivity index (χ0v) is 10.7. The van der Waals surface area contributed by atoms with Crippen molar-refractivity contribution in [1.29, 1.82) is 0 Å². The van der Waals surface area contributed by atoms with E-state index in [1.165, 1.54) is 12.3 Å². The van der Waals surface area contributed by atoms with Gasteiger partial charge < -0.3 is 10.4 Å². The van der Waals surface area contributed by atoms with E-state index in [2.05, 4.69) is 17.2 Å². The maximum Gasteiger partial charge on any atom is 0.141 e. The summed E-state index contributed by atoms with van der Waals surface area (Å²) in [5, 5.41) is 13.0. The summed E-state index contributed by atoms with van der Waals surface area (Å²) >= 11 is 0. The third-order valence-electron chi connectivity index (χ3n) is 3.13. The Morgan fingerprint density at radius 3 is 2.65 bits per heavy atom. The van der Waals surface area contributed by atoms with Crippen molar-refractivity contribution in [2.24, 2.45) is 5.92 Å². The molecule has 3 atom stereocenters. The molecule has 3 unspecified atom stereocenters. The van der Waals surface area contributed by atoms with Gasteiger partial charge in [-0.1, -0.05) is 20.3 Å². The number of halogens is 1. The van der Waals surface area contributed by atoms with Crippen molar-refractivity contribution in [3.8, 4) is 0 Å². The summed E-state index contributed by atoms with van der Waals surface area (Å²) in [5.41, 5.74) is 0.780. The van der Waals surface area contributed by atoms with Crippen LogP contribution in [-0.4, -0.2) is 22.7 Å². The molecule has 1 heterocycles. The third-order valence-corrected chi connectivity index (χ3v) is 3.13. The molecule has 0 spiro atoms. The van der Waals surface area contributed by atoms with Crippen molar-refractivity contribution in [1.82, 2.24) is 10.3 Å². The molecule has 0 aliphatic rings. The highest BCUT2D eigenvalue weighted by molar-refractivity contribution is 5.08. The average molecular weight is 240 g/mol. The van der Waals surface area contributed by atoms with Crippen LogP contribution in [0.5, 0.6) is 0 Å². The second-order valence-electron chi connectivity index (χ2n) is 4.48.